The van der Waals surface area contributed by atoms with E-state index in [-0.39, 0.29) is 0 Å². The number of nitriles is 1. The van der Waals surface area contributed by atoms with Gasteiger partial charge in [0.25, 0.3) is 0 Å². The van der Waals surface area contributed by atoms with Crippen molar-refractivity contribution in [1.29, 1.82) is 5.26 Å². The van der Waals surface area contributed by atoms with Crippen LogP contribution in [-0.4, -0.2) is 25.2 Å². The van der Waals surface area contributed by atoms with E-state index in [1.54, 1.807) is 0 Å². The Hall–Kier alpha value is -2.15. The van der Waals surface area contributed by atoms with Gasteiger partial charge in [-0.05, 0) is 68.7 Å². The minimum atomic E-state index is -0.564. The Labute approximate surface area is 169 Å². The minimum Gasteiger partial charge on any atom is -0.314 e. The lowest BCUT2D eigenvalue weighted by molar-refractivity contribution is 0.383. The standard InChI is InChI=1S/C25H31N3/c26-19-25(20-8-3-1-4-9-20,21-10-5-2-6-11-21)22-13-14-24(18-22)28-17-15-23-12-7-16-27-23/h1-6,8-11,22-24,27-28H,7,12-18H2/t22?,23-,24?/m1/s1. The zero-order valence-corrected chi connectivity index (χ0v) is 16.6. The molecule has 1 aliphatic heterocycles. The van der Waals surface area contributed by atoms with Gasteiger partial charge in [-0.3, -0.25) is 0 Å². The van der Waals surface area contributed by atoms with Crippen molar-refractivity contribution in [3.05, 3.63) is 71.8 Å². The van der Waals surface area contributed by atoms with Gasteiger partial charge in [-0.1, -0.05) is 60.7 Å². The van der Waals surface area contributed by atoms with Gasteiger partial charge in [-0.15, -0.1) is 0 Å². The minimum absolute atomic E-state index is 0.337. The fraction of sp³-hybridized carbons (Fsp3) is 0.480. The topological polar surface area (TPSA) is 47.9 Å². The van der Waals surface area contributed by atoms with E-state index in [2.05, 4.69) is 65.2 Å². The lowest BCUT2D eigenvalue weighted by Crippen LogP contribution is -2.36. The van der Waals surface area contributed by atoms with E-state index in [0.29, 0.717) is 18.0 Å². The van der Waals surface area contributed by atoms with Crippen molar-refractivity contribution < 1.29 is 0 Å². The first-order valence-corrected chi connectivity index (χ1v) is 10.8. The van der Waals surface area contributed by atoms with Crippen molar-refractivity contribution in [2.24, 2.45) is 5.92 Å². The first-order valence-electron chi connectivity index (χ1n) is 10.8. The van der Waals surface area contributed by atoms with E-state index >= 15 is 0 Å². The number of nitrogens with zero attached hydrogens (tertiary/aromatic N) is 1. The Morgan fingerprint density at radius 3 is 2.21 bits per heavy atom. The molecule has 3 heteroatoms. The summed E-state index contributed by atoms with van der Waals surface area (Å²) in [5, 5.41) is 17.8. The maximum Gasteiger partial charge on any atom is 0.110 e. The number of nitrogens with one attached hydrogen (secondary N) is 2. The molecule has 1 saturated carbocycles. The lowest BCUT2D eigenvalue weighted by Gasteiger charge is -2.34. The summed E-state index contributed by atoms with van der Waals surface area (Å²) in [5.41, 5.74) is 1.69. The van der Waals surface area contributed by atoms with E-state index in [1.165, 1.54) is 25.8 Å². The van der Waals surface area contributed by atoms with E-state index in [9.17, 15) is 5.26 Å². The smallest absolute Gasteiger partial charge is 0.110 e. The third-order valence-corrected chi connectivity index (χ3v) is 6.77. The largest absolute Gasteiger partial charge is 0.314 e. The van der Waals surface area contributed by atoms with Crippen LogP contribution in [0.1, 0.15) is 49.7 Å². The molecule has 2 aliphatic rings. The van der Waals surface area contributed by atoms with Crippen molar-refractivity contribution in [1.82, 2.24) is 10.6 Å². The Balaban J connectivity index is 1.50. The van der Waals surface area contributed by atoms with Gasteiger partial charge in [0, 0.05) is 12.1 Å². The SMILES string of the molecule is N#CC(c1ccccc1)(c1ccccc1)C1CCC(NCC[C@H]2CCCN2)C1. The Kier molecular flexibility index (Phi) is 6.10. The summed E-state index contributed by atoms with van der Waals surface area (Å²) < 4.78 is 0. The molecule has 3 atom stereocenters. The fourth-order valence-electron chi connectivity index (χ4n) is 5.29. The summed E-state index contributed by atoms with van der Waals surface area (Å²) in [6.45, 7) is 2.25. The maximum absolute atomic E-state index is 10.5. The summed E-state index contributed by atoms with van der Waals surface area (Å²) in [5.74, 6) is 0.337. The monoisotopic (exact) mass is 373 g/mol. The van der Waals surface area contributed by atoms with Gasteiger partial charge in [0.1, 0.15) is 5.41 Å². The van der Waals surface area contributed by atoms with Crippen LogP contribution in [0.4, 0.5) is 0 Å². The average molecular weight is 374 g/mol. The second-order valence-electron chi connectivity index (χ2n) is 8.39. The quantitative estimate of drug-likeness (QED) is 0.756. The molecule has 2 fully saturated rings. The highest BCUT2D eigenvalue weighted by Crippen LogP contribution is 2.46. The van der Waals surface area contributed by atoms with Gasteiger partial charge in [0.15, 0.2) is 0 Å². The van der Waals surface area contributed by atoms with Crippen molar-refractivity contribution in [2.45, 2.75) is 56.0 Å². The fourth-order valence-corrected chi connectivity index (χ4v) is 5.29. The number of hydrogen-bond acceptors (Lipinski definition) is 3. The molecular formula is C25H31N3. The van der Waals surface area contributed by atoms with Crippen LogP contribution in [-0.2, 0) is 5.41 Å². The first kappa shape index (κ1) is 19.2. The van der Waals surface area contributed by atoms with Crippen LogP contribution in [0.25, 0.3) is 0 Å². The average Bonchev–Trinajstić information content (AvgIpc) is 3.44. The normalized spacial score (nSPS) is 24.9. The summed E-state index contributed by atoms with van der Waals surface area (Å²) in [6, 6.07) is 24.8. The Morgan fingerprint density at radius 2 is 1.64 bits per heavy atom. The Morgan fingerprint density at radius 1 is 0.964 bits per heavy atom. The number of benzene rings is 2. The molecule has 2 unspecified atom stereocenters. The highest BCUT2D eigenvalue weighted by molar-refractivity contribution is 5.47. The lowest BCUT2D eigenvalue weighted by atomic mass is 9.66. The summed E-state index contributed by atoms with van der Waals surface area (Å²) in [6.07, 6.45) is 7.16. The summed E-state index contributed by atoms with van der Waals surface area (Å²) in [7, 11) is 0. The molecule has 3 nitrogen and oxygen atoms in total. The molecule has 0 aromatic heterocycles. The highest BCUT2D eigenvalue weighted by Gasteiger charge is 2.45. The van der Waals surface area contributed by atoms with Crippen molar-refractivity contribution in [2.75, 3.05) is 13.1 Å². The predicted molar refractivity (Wildman–Crippen MR) is 114 cm³/mol. The van der Waals surface area contributed by atoms with E-state index < -0.39 is 5.41 Å². The van der Waals surface area contributed by atoms with Gasteiger partial charge < -0.3 is 10.6 Å². The van der Waals surface area contributed by atoms with Gasteiger partial charge in [-0.2, -0.15) is 5.26 Å². The van der Waals surface area contributed by atoms with Gasteiger partial charge in [0.05, 0.1) is 6.07 Å². The highest BCUT2D eigenvalue weighted by atomic mass is 15.0. The Bertz CT molecular complexity index is 735. The summed E-state index contributed by atoms with van der Waals surface area (Å²) in [4.78, 5) is 0. The molecule has 0 bridgehead atoms. The predicted octanol–water partition coefficient (Wildman–Crippen LogP) is 4.40. The zero-order valence-electron chi connectivity index (χ0n) is 16.6. The van der Waals surface area contributed by atoms with Crippen molar-refractivity contribution >= 4 is 0 Å². The molecule has 0 spiro atoms. The van der Waals surface area contributed by atoms with Gasteiger partial charge in [-0.25, -0.2) is 0 Å². The van der Waals surface area contributed by atoms with Crippen molar-refractivity contribution in [3.63, 3.8) is 0 Å². The van der Waals surface area contributed by atoms with Crippen LogP contribution < -0.4 is 10.6 Å². The van der Waals surface area contributed by atoms with Crippen LogP contribution in [0.15, 0.2) is 60.7 Å². The van der Waals surface area contributed by atoms with E-state index in [1.807, 2.05) is 12.1 Å². The molecule has 2 N–H and O–H groups in total. The second-order valence-corrected chi connectivity index (χ2v) is 8.39. The first-order chi connectivity index (χ1) is 13.8. The van der Waals surface area contributed by atoms with Crippen LogP contribution in [0.5, 0.6) is 0 Å². The van der Waals surface area contributed by atoms with E-state index in [4.69, 9.17) is 0 Å². The zero-order chi connectivity index (χ0) is 19.2. The molecule has 1 heterocycles. The van der Waals surface area contributed by atoms with Crippen LogP contribution in [0, 0.1) is 17.2 Å². The molecule has 1 saturated heterocycles. The molecule has 2 aromatic carbocycles. The third kappa shape index (κ3) is 3.85. The molecule has 0 amide bonds. The van der Waals surface area contributed by atoms with Crippen LogP contribution in [0.2, 0.25) is 0 Å². The molecular weight excluding hydrogens is 342 g/mol. The third-order valence-electron chi connectivity index (χ3n) is 6.77. The molecule has 0 radical (unpaired) electrons. The summed E-state index contributed by atoms with van der Waals surface area (Å²) >= 11 is 0. The van der Waals surface area contributed by atoms with Gasteiger partial charge >= 0.3 is 0 Å². The van der Waals surface area contributed by atoms with Crippen molar-refractivity contribution in [3.8, 4) is 6.07 Å². The van der Waals surface area contributed by atoms with Gasteiger partial charge in [0.2, 0.25) is 0 Å². The second kappa shape index (κ2) is 8.90. The maximum atomic E-state index is 10.5. The molecule has 2 aromatic rings. The van der Waals surface area contributed by atoms with Crippen LogP contribution >= 0.6 is 0 Å². The van der Waals surface area contributed by atoms with E-state index in [0.717, 1.165) is 36.9 Å². The number of rotatable bonds is 7. The molecule has 28 heavy (non-hydrogen) atoms. The van der Waals surface area contributed by atoms with Crippen LogP contribution in [0.3, 0.4) is 0 Å². The molecule has 4 rings (SSSR count). The molecule has 146 valence electrons. The molecule has 1 aliphatic carbocycles. The number of hydrogen-bond donors (Lipinski definition) is 2.